The molecule has 1 aromatic carbocycles. The van der Waals surface area contributed by atoms with Crippen molar-refractivity contribution in [3.05, 3.63) is 29.3 Å². The van der Waals surface area contributed by atoms with Gasteiger partial charge in [0.15, 0.2) is 0 Å². The Balaban J connectivity index is 3.04. The summed E-state index contributed by atoms with van der Waals surface area (Å²) in [5.41, 5.74) is 0.527. The van der Waals surface area contributed by atoms with Gasteiger partial charge in [0.1, 0.15) is 0 Å². The molecule has 0 atom stereocenters. The highest BCUT2D eigenvalue weighted by atomic mass is 35.5. The fraction of sp³-hybridized carbons (Fsp3) is 0.222. The lowest BCUT2D eigenvalue weighted by molar-refractivity contribution is 0.202. The number of amides is 1. The minimum Gasteiger partial charge on any atom is -0.465 e. The Bertz CT molecular complexity index is 314. The van der Waals surface area contributed by atoms with E-state index in [0.717, 1.165) is 0 Å². The number of hydrogen-bond donors (Lipinski definition) is 1. The van der Waals surface area contributed by atoms with Crippen molar-refractivity contribution < 1.29 is 9.90 Å². The number of hydrogen-bond acceptors (Lipinski definition) is 1. The molecule has 0 unspecified atom stereocenters. The summed E-state index contributed by atoms with van der Waals surface area (Å²) in [7, 11) is 0. The van der Waals surface area contributed by atoms with Gasteiger partial charge in [-0.25, -0.2) is 4.79 Å². The van der Waals surface area contributed by atoms with E-state index >= 15 is 0 Å². The van der Waals surface area contributed by atoms with Crippen LogP contribution in [0.25, 0.3) is 0 Å². The van der Waals surface area contributed by atoms with E-state index in [1.807, 2.05) is 0 Å². The number of halogens is 1. The van der Waals surface area contributed by atoms with Crippen LogP contribution < -0.4 is 4.90 Å². The lowest BCUT2D eigenvalue weighted by Gasteiger charge is -2.17. The van der Waals surface area contributed by atoms with Gasteiger partial charge in [0, 0.05) is 6.54 Å². The van der Waals surface area contributed by atoms with E-state index in [1.54, 1.807) is 31.2 Å². The van der Waals surface area contributed by atoms with Crippen LogP contribution in [-0.4, -0.2) is 17.7 Å². The average Bonchev–Trinajstić information content (AvgIpc) is 2.09. The lowest BCUT2D eigenvalue weighted by Crippen LogP contribution is -2.28. The maximum absolute atomic E-state index is 10.8. The summed E-state index contributed by atoms with van der Waals surface area (Å²) < 4.78 is 0. The van der Waals surface area contributed by atoms with Gasteiger partial charge in [-0.05, 0) is 19.1 Å². The zero-order chi connectivity index (χ0) is 9.84. The van der Waals surface area contributed by atoms with Crippen molar-refractivity contribution in [1.82, 2.24) is 0 Å². The van der Waals surface area contributed by atoms with Crippen LogP contribution in [0.2, 0.25) is 5.02 Å². The highest BCUT2D eigenvalue weighted by molar-refractivity contribution is 6.33. The number of para-hydroxylation sites is 1. The Morgan fingerprint density at radius 2 is 2.15 bits per heavy atom. The van der Waals surface area contributed by atoms with Gasteiger partial charge in [0.05, 0.1) is 10.7 Å². The highest BCUT2D eigenvalue weighted by Crippen LogP contribution is 2.24. The van der Waals surface area contributed by atoms with E-state index in [0.29, 0.717) is 17.3 Å². The third-order valence-electron chi connectivity index (χ3n) is 1.69. The number of benzene rings is 1. The third-order valence-corrected chi connectivity index (χ3v) is 2.01. The number of carboxylic acid groups (broad SMARTS) is 1. The maximum Gasteiger partial charge on any atom is 0.411 e. The number of carbonyl (C=O) groups is 1. The monoisotopic (exact) mass is 199 g/mol. The van der Waals surface area contributed by atoms with Crippen LogP contribution in [0.15, 0.2) is 24.3 Å². The first kappa shape index (κ1) is 9.86. The fourth-order valence-electron chi connectivity index (χ4n) is 1.08. The normalized spacial score (nSPS) is 9.69. The van der Waals surface area contributed by atoms with Crippen molar-refractivity contribution in [2.75, 3.05) is 11.4 Å². The summed E-state index contributed by atoms with van der Waals surface area (Å²) >= 11 is 5.84. The van der Waals surface area contributed by atoms with E-state index in [9.17, 15) is 4.79 Å². The summed E-state index contributed by atoms with van der Waals surface area (Å²) in [6.45, 7) is 2.15. The van der Waals surface area contributed by atoms with Gasteiger partial charge >= 0.3 is 6.09 Å². The summed E-state index contributed by atoms with van der Waals surface area (Å²) in [6.07, 6.45) is -0.990. The summed E-state index contributed by atoms with van der Waals surface area (Å²) in [5, 5.41) is 9.27. The number of nitrogens with zero attached hydrogens (tertiary/aromatic N) is 1. The van der Waals surface area contributed by atoms with Crippen molar-refractivity contribution in [3.63, 3.8) is 0 Å². The Morgan fingerprint density at radius 1 is 1.54 bits per heavy atom. The van der Waals surface area contributed by atoms with Gasteiger partial charge in [-0.1, -0.05) is 23.7 Å². The van der Waals surface area contributed by atoms with Gasteiger partial charge in [-0.3, -0.25) is 4.90 Å². The maximum atomic E-state index is 10.8. The van der Waals surface area contributed by atoms with Crippen molar-refractivity contribution >= 4 is 23.4 Å². The largest absolute Gasteiger partial charge is 0.465 e. The molecule has 1 aromatic rings. The first-order chi connectivity index (χ1) is 6.16. The van der Waals surface area contributed by atoms with E-state index in [2.05, 4.69) is 0 Å². The van der Waals surface area contributed by atoms with Gasteiger partial charge in [-0.15, -0.1) is 0 Å². The lowest BCUT2D eigenvalue weighted by atomic mass is 10.3. The van der Waals surface area contributed by atoms with Crippen molar-refractivity contribution in [2.24, 2.45) is 0 Å². The summed E-state index contributed by atoms with van der Waals surface area (Å²) in [4.78, 5) is 11.9. The first-order valence-corrected chi connectivity index (χ1v) is 4.29. The predicted octanol–water partition coefficient (Wildman–Crippen LogP) is 2.84. The quantitative estimate of drug-likeness (QED) is 0.796. The molecule has 0 bridgehead atoms. The molecule has 0 aliphatic carbocycles. The van der Waals surface area contributed by atoms with E-state index < -0.39 is 6.09 Å². The molecule has 0 radical (unpaired) electrons. The molecule has 4 heteroatoms. The number of rotatable bonds is 2. The average molecular weight is 200 g/mol. The molecule has 70 valence electrons. The Kier molecular flexibility index (Phi) is 3.14. The Morgan fingerprint density at radius 3 is 2.62 bits per heavy atom. The summed E-state index contributed by atoms with van der Waals surface area (Å²) in [6, 6.07) is 6.87. The molecule has 1 amide bonds. The minimum absolute atomic E-state index is 0.388. The van der Waals surface area contributed by atoms with Gasteiger partial charge < -0.3 is 5.11 Å². The van der Waals surface area contributed by atoms with Crippen LogP contribution in [0, 0.1) is 0 Å². The second-order valence-corrected chi connectivity index (χ2v) is 2.89. The standard InChI is InChI=1S/C9H10ClNO2/c1-2-11(9(12)13)8-6-4-3-5-7(8)10/h3-6H,2H2,1H3,(H,12,13). The van der Waals surface area contributed by atoms with Crippen molar-refractivity contribution in [3.8, 4) is 0 Å². The van der Waals surface area contributed by atoms with Crippen LogP contribution in [0.3, 0.4) is 0 Å². The van der Waals surface area contributed by atoms with Crippen LogP contribution in [0.4, 0.5) is 10.5 Å². The molecule has 3 nitrogen and oxygen atoms in total. The van der Waals surface area contributed by atoms with Crippen LogP contribution in [-0.2, 0) is 0 Å². The molecule has 0 spiro atoms. The second kappa shape index (κ2) is 4.14. The van der Waals surface area contributed by atoms with Crippen LogP contribution in [0.5, 0.6) is 0 Å². The zero-order valence-electron chi connectivity index (χ0n) is 7.20. The van der Waals surface area contributed by atoms with E-state index in [-0.39, 0.29) is 0 Å². The molecular formula is C9H10ClNO2. The molecule has 0 saturated heterocycles. The smallest absolute Gasteiger partial charge is 0.411 e. The molecule has 13 heavy (non-hydrogen) atoms. The first-order valence-electron chi connectivity index (χ1n) is 3.91. The number of anilines is 1. The van der Waals surface area contributed by atoms with Crippen LogP contribution in [0.1, 0.15) is 6.92 Å². The molecule has 0 heterocycles. The molecule has 0 aliphatic heterocycles. The molecule has 1 N–H and O–H groups in total. The summed E-state index contributed by atoms with van der Waals surface area (Å²) in [5.74, 6) is 0. The van der Waals surface area contributed by atoms with Gasteiger partial charge in [-0.2, -0.15) is 0 Å². The third kappa shape index (κ3) is 2.12. The van der Waals surface area contributed by atoms with Gasteiger partial charge in [0.25, 0.3) is 0 Å². The fourth-order valence-corrected chi connectivity index (χ4v) is 1.32. The molecule has 0 saturated carbocycles. The molecule has 0 fully saturated rings. The minimum atomic E-state index is -0.990. The van der Waals surface area contributed by atoms with Crippen molar-refractivity contribution in [1.29, 1.82) is 0 Å². The molecule has 1 rings (SSSR count). The topological polar surface area (TPSA) is 40.5 Å². The predicted molar refractivity (Wildman–Crippen MR) is 52.5 cm³/mol. The van der Waals surface area contributed by atoms with E-state index in [1.165, 1.54) is 4.90 Å². The Hall–Kier alpha value is -1.22. The zero-order valence-corrected chi connectivity index (χ0v) is 7.95. The Labute approximate surface area is 81.5 Å². The molecule has 0 aliphatic rings. The molecule has 0 aromatic heterocycles. The van der Waals surface area contributed by atoms with Crippen molar-refractivity contribution in [2.45, 2.75) is 6.92 Å². The SMILES string of the molecule is CCN(C(=O)O)c1ccccc1Cl. The van der Waals surface area contributed by atoms with Crippen LogP contribution >= 0.6 is 11.6 Å². The second-order valence-electron chi connectivity index (χ2n) is 2.48. The van der Waals surface area contributed by atoms with E-state index in [4.69, 9.17) is 16.7 Å². The highest BCUT2D eigenvalue weighted by Gasteiger charge is 2.13. The molecular weight excluding hydrogens is 190 g/mol. The van der Waals surface area contributed by atoms with Gasteiger partial charge in [0.2, 0.25) is 0 Å².